The number of aromatic amines is 2. The van der Waals surface area contributed by atoms with Crippen molar-refractivity contribution in [2.45, 2.75) is 6.54 Å². The van der Waals surface area contributed by atoms with Gasteiger partial charge in [0.05, 0.1) is 36.1 Å². The maximum Gasteiger partial charge on any atom is 0.209 e. The van der Waals surface area contributed by atoms with Crippen molar-refractivity contribution in [1.82, 2.24) is 34.6 Å². The van der Waals surface area contributed by atoms with Crippen LogP contribution in [0.3, 0.4) is 0 Å². The van der Waals surface area contributed by atoms with Crippen LogP contribution >= 0.6 is 0 Å². The van der Waals surface area contributed by atoms with Gasteiger partial charge >= 0.3 is 0 Å². The van der Waals surface area contributed by atoms with Crippen molar-refractivity contribution in [1.29, 1.82) is 0 Å². The van der Waals surface area contributed by atoms with E-state index in [-0.39, 0.29) is 18.2 Å². The molecule has 8 rings (SSSR count). The fraction of sp³-hybridized carbons (Fsp3) is 0.0698. The maximum atomic E-state index is 13.4. The van der Waals surface area contributed by atoms with Crippen LogP contribution in [0.2, 0.25) is 0 Å². The molecule has 10 nitrogen and oxygen atoms in total. The lowest BCUT2D eigenvalue weighted by Crippen LogP contribution is -2.21. The Bertz CT molecular complexity index is 2640. The van der Waals surface area contributed by atoms with Crippen LogP contribution in [0, 0.1) is 11.6 Å². The van der Waals surface area contributed by atoms with E-state index in [1.165, 1.54) is 24.3 Å². The molecular formula is C43H35F2N7O3S. The van der Waals surface area contributed by atoms with Gasteiger partial charge in [-0.1, -0.05) is 24.3 Å². The van der Waals surface area contributed by atoms with Gasteiger partial charge in [0.1, 0.15) is 29.0 Å². The van der Waals surface area contributed by atoms with E-state index >= 15 is 0 Å². The summed E-state index contributed by atoms with van der Waals surface area (Å²) in [5.41, 5.74) is 9.28. The number of aromatic nitrogens is 6. The van der Waals surface area contributed by atoms with Crippen LogP contribution in [0.5, 0.6) is 5.75 Å². The number of sulfonamides is 1. The molecule has 0 saturated heterocycles. The third-order valence-electron chi connectivity index (χ3n) is 8.71. The lowest BCUT2D eigenvalue weighted by molar-refractivity contribution is 0.415. The van der Waals surface area contributed by atoms with Crippen LogP contribution in [0.15, 0.2) is 146 Å². The summed E-state index contributed by atoms with van der Waals surface area (Å²) in [6.45, 7) is 0.223. The van der Waals surface area contributed by atoms with Crippen molar-refractivity contribution in [3.8, 4) is 73.6 Å². The molecule has 0 aliphatic carbocycles. The smallest absolute Gasteiger partial charge is 0.209 e. The van der Waals surface area contributed by atoms with E-state index in [0.29, 0.717) is 11.5 Å². The molecule has 0 atom stereocenters. The van der Waals surface area contributed by atoms with Gasteiger partial charge in [-0.15, -0.1) is 0 Å². The number of hydrogen-bond acceptors (Lipinski definition) is 7. The second-order valence-electron chi connectivity index (χ2n) is 12.6. The van der Waals surface area contributed by atoms with E-state index in [0.717, 1.165) is 73.9 Å². The van der Waals surface area contributed by atoms with Gasteiger partial charge in [-0.3, -0.25) is 9.97 Å². The molecule has 280 valence electrons. The molecule has 0 radical (unpaired) electrons. The number of nitrogens with zero attached hydrogens (tertiary/aromatic N) is 4. The van der Waals surface area contributed by atoms with E-state index in [1.54, 1.807) is 56.2 Å². The number of imidazole rings is 2. The van der Waals surface area contributed by atoms with Crippen molar-refractivity contribution in [2.24, 2.45) is 0 Å². The fourth-order valence-electron chi connectivity index (χ4n) is 5.85. The molecule has 8 aromatic rings. The van der Waals surface area contributed by atoms with Crippen LogP contribution in [-0.4, -0.2) is 51.7 Å². The average molecular weight is 768 g/mol. The molecule has 0 unspecified atom stereocenters. The quantitative estimate of drug-likeness (QED) is 0.126. The number of H-pyrrole nitrogens is 2. The SMILES string of the molecule is COc1ccc(-c2nc(-c3ccc(F)cc3)c(-c3ccncc3)[nH]2)cc1.CS(=O)(=O)NCc1ccc(-c2nc(-c3ccc(F)cc3)c(-c3ccncc3)[nH]2)cc1. The first kappa shape index (κ1) is 37.5. The Kier molecular flexibility index (Phi) is 11.2. The number of ether oxygens (including phenoxy) is 1. The number of pyridine rings is 2. The number of nitrogens with one attached hydrogen (secondary N) is 3. The molecule has 13 heteroatoms. The van der Waals surface area contributed by atoms with Crippen LogP contribution in [0.25, 0.3) is 67.8 Å². The highest BCUT2D eigenvalue weighted by Gasteiger charge is 2.17. The summed E-state index contributed by atoms with van der Waals surface area (Å²) < 4.78 is 56.9. The Hall–Kier alpha value is -6.83. The molecule has 0 fully saturated rings. The number of methoxy groups -OCH3 is 1. The zero-order valence-electron chi connectivity index (χ0n) is 30.2. The molecular weight excluding hydrogens is 733 g/mol. The van der Waals surface area contributed by atoms with E-state index in [2.05, 4.69) is 24.7 Å². The van der Waals surface area contributed by atoms with Crippen molar-refractivity contribution in [3.05, 3.63) is 163 Å². The summed E-state index contributed by atoms with van der Waals surface area (Å²) in [4.78, 5) is 24.4. The molecule has 0 spiro atoms. The minimum Gasteiger partial charge on any atom is -0.497 e. The normalized spacial score (nSPS) is 11.1. The zero-order valence-corrected chi connectivity index (χ0v) is 31.1. The lowest BCUT2D eigenvalue weighted by Gasteiger charge is -2.03. The second kappa shape index (κ2) is 16.7. The second-order valence-corrected chi connectivity index (χ2v) is 14.5. The van der Waals surface area contributed by atoms with Crippen molar-refractivity contribution in [2.75, 3.05) is 13.4 Å². The number of halogens is 2. The molecule has 0 amide bonds. The molecule has 0 aliphatic heterocycles. The van der Waals surface area contributed by atoms with Crippen LogP contribution in [0.1, 0.15) is 5.56 Å². The summed E-state index contributed by atoms with van der Waals surface area (Å²) in [5.74, 6) is 1.60. The molecule has 3 N–H and O–H groups in total. The highest BCUT2D eigenvalue weighted by Crippen LogP contribution is 2.34. The first-order chi connectivity index (χ1) is 27.1. The van der Waals surface area contributed by atoms with E-state index in [9.17, 15) is 17.2 Å². The lowest BCUT2D eigenvalue weighted by atomic mass is 10.1. The highest BCUT2D eigenvalue weighted by molar-refractivity contribution is 7.88. The fourth-order valence-corrected chi connectivity index (χ4v) is 6.28. The van der Waals surface area contributed by atoms with Gasteiger partial charge < -0.3 is 14.7 Å². The molecule has 56 heavy (non-hydrogen) atoms. The predicted molar refractivity (Wildman–Crippen MR) is 214 cm³/mol. The van der Waals surface area contributed by atoms with Gasteiger partial charge in [-0.2, -0.15) is 0 Å². The van der Waals surface area contributed by atoms with Crippen LogP contribution in [0.4, 0.5) is 8.78 Å². The first-order valence-corrected chi connectivity index (χ1v) is 19.2. The Morgan fingerprint density at radius 3 is 1.34 bits per heavy atom. The third kappa shape index (κ3) is 9.09. The molecule has 0 bridgehead atoms. The number of rotatable bonds is 10. The van der Waals surface area contributed by atoms with Crippen molar-refractivity contribution in [3.63, 3.8) is 0 Å². The van der Waals surface area contributed by atoms with Gasteiger partial charge in [0.25, 0.3) is 0 Å². The Morgan fingerprint density at radius 1 is 0.554 bits per heavy atom. The Morgan fingerprint density at radius 2 is 0.946 bits per heavy atom. The van der Waals surface area contributed by atoms with E-state index in [1.807, 2.05) is 72.8 Å². The van der Waals surface area contributed by atoms with Crippen molar-refractivity contribution < 1.29 is 21.9 Å². The zero-order chi connectivity index (χ0) is 39.1. The van der Waals surface area contributed by atoms with E-state index in [4.69, 9.17) is 14.7 Å². The molecule has 4 aromatic heterocycles. The van der Waals surface area contributed by atoms with Gasteiger partial charge in [-0.05, 0) is 103 Å². The largest absolute Gasteiger partial charge is 0.497 e. The molecule has 4 aromatic carbocycles. The topological polar surface area (TPSA) is 139 Å². The number of hydrogen-bond donors (Lipinski definition) is 3. The molecule has 4 heterocycles. The summed E-state index contributed by atoms with van der Waals surface area (Å²) in [6, 6.07) is 35.3. The first-order valence-electron chi connectivity index (χ1n) is 17.3. The van der Waals surface area contributed by atoms with Crippen molar-refractivity contribution >= 4 is 10.0 Å². The van der Waals surface area contributed by atoms with Crippen LogP contribution in [-0.2, 0) is 16.6 Å². The molecule has 0 saturated carbocycles. The van der Waals surface area contributed by atoms with Gasteiger partial charge in [-0.25, -0.2) is 31.9 Å². The van der Waals surface area contributed by atoms with E-state index < -0.39 is 10.0 Å². The minimum atomic E-state index is -3.25. The maximum absolute atomic E-state index is 13.4. The van der Waals surface area contributed by atoms with Crippen LogP contribution < -0.4 is 9.46 Å². The Labute approximate surface area is 322 Å². The number of benzene rings is 4. The minimum absolute atomic E-state index is 0.223. The summed E-state index contributed by atoms with van der Waals surface area (Å²) in [7, 11) is -1.62. The van der Waals surface area contributed by atoms with Gasteiger partial charge in [0, 0.05) is 64.7 Å². The predicted octanol–water partition coefficient (Wildman–Crippen LogP) is 8.95. The highest BCUT2D eigenvalue weighted by atomic mass is 32.2. The third-order valence-corrected chi connectivity index (χ3v) is 9.38. The monoisotopic (exact) mass is 767 g/mol. The summed E-state index contributed by atoms with van der Waals surface area (Å²) in [6.07, 6.45) is 8.00. The molecule has 0 aliphatic rings. The summed E-state index contributed by atoms with van der Waals surface area (Å²) >= 11 is 0. The summed E-state index contributed by atoms with van der Waals surface area (Å²) in [5, 5.41) is 0. The van der Waals surface area contributed by atoms with Gasteiger partial charge in [0.15, 0.2) is 0 Å². The van der Waals surface area contributed by atoms with Gasteiger partial charge in [0.2, 0.25) is 10.0 Å². The Balaban J connectivity index is 0.000000173. The standard InChI is InChI=1S/C22H19FN4O2S.C21H16FN3O/c1-30(28,29)25-14-15-2-4-18(5-3-15)22-26-20(16-6-8-19(23)9-7-16)21(27-22)17-10-12-24-13-11-17;1-26-18-8-4-16(5-9-18)21-24-19(14-2-6-17(22)7-3-14)20(25-21)15-10-12-23-13-11-15/h2-13,25H,14H2,1H3,(H,26,27);2-13H,1H3,(H,24,25). The average Bonchev–Trinajstić information content (AvgIpc) is 3.88.